The van der Waals surface area contributed by atoms with Crippen LogP contribution in [-0.4, -0.2) is 41.6 Å². The van der Waals surface area contributed by atoms with E-state index in [2.05, 4.69) is 16.0 Å². The number of carbonyl (C=O) groups excluding carboxylic acids is 3. The Balaban J connectivity index is 1.28. The number of furan rings is 1. The van der Waals surface area contributed by atoms with E-state index in [1.807, 2.05) is 42.5 Å². The first-order valence-electron chi connectivity index (χ1n) is 14.3. The van der Waals surface area contributed by atoms with Crippen LogP contribution in [0, 0.1) is 0 Å². The zero-order chi connectivity index (χ0) is 31.6. The van der Waals surface area contributed by atoms with Crippen LogP contribution >= 0.6 is 0 Å². The van der Waals surface area contributed by atoms with Crippen molar-refractivity contribution in [1.82, 2.24) is 10.6 Å². The van der Waals surface area contributed by atoms with E-state index in [0.29, 0.717) is 28.8 Å². The molecule has 0 aliphatic heterocycles. The van der Waals surface area contributed by atoms with Crippen molar-refractivity contribution in [3.8, 4) is 11.1 Å². The van der Waals surface area contributed by atoms with E-state index in [-0.39, 0.29) is 30.9 Å². The van der Waals surface area contributed by atoms with Crippen LogP contribution in [0.15, 0.2) is 114 Å². The van der Waals surface area contributed by atoms with Gasteiger partial charge in [0.15, 0.2) is 5.76 Å². The van der Waals surface area contributed by atoms with Crippen molar-refractivity contribution in [2.45, 2.75) is 25.5 Å². The average molecular weight is 606 g/mol. The van der Waals surface area contributed by atoms with Gasteiger partial charge in [-0.05, 0) is 54.3 Å². The van der Waals surface area contributed by atoms with Crippen LogP contribution < -0.4 is 16.0 Å². The smallest absolute Gasteiger partial charge is 0.407 e. The van der Waals surface area contributed by atoms with Crippen LogP contribution in [0.2, 0.25) is 0 Å². The number of aromatic carboxylic acids is 1. The van der Waals surface area contributed by atoms with E-state index in [9.17, 15) is 24.3 Å². The number of hydrogen-bond donors (Lipinski definition) is 4. The van der Waals surface area contributed by atoms with Crippen LogP contribution in [0.25, 0.3) is 22.1 Å². The van der Waals surface area contributed by atoms with Gasteiger partial charge in [0.1, 0.15) is 18.2 Å². The highest BCUT2D eigenvalue weighted by molar-refractivity contribution is 6.03. The van der Waals surface area contributed by atoms with Crippen LogP contribution in [0.5, 0.6) is 0 Å². The second-order valence-electron chi connectivity index (χ2n) is 10.2. The summed E-state index contributed by atoms with van der Waals surface area (Å²) in [6.07, 6.45) is -0.0574. The van der Waals surface area contributed by atoms with Gasteiger partial charge < -0.3 is 30.2 Å². The zero-order valence-electron chi connectivity index (χ0n) is 24.2. The van der Waals surface area contributed by atoms with E-state index in [1.54, 1.807) is 54.6 Å². The number of rotatable bonds is 12. The third kappa shape index (κ3) is 8.14. The van der Waals surface area contributed by atoms with Gasteiger partial charge in [-0.3, -0.25) is 9.59 Å². The fourth-order valence-electron chi connectivity index (χ4n) is 4.75. The monoisotopic (exact) mass is 605 g/mol. The number of carboxylic acid groups (broad SMARTS) is 1. The largest absolute Gasteiger partial charge is 0.478 e. The van der Waals surface area contributed by atoms with Gasteiger partial charge in [0, 0.05) is 23.2 Å². The molecule has 0 aliphatic carbocycles. The molecule has 0 saturated heterocycles. The lowest BCUT2D eigenvalue weighted by Crippen LogP contribution is -2.44. The standard InChI is InChI=1S/C35H31N3O7/c39-32(37-28-16-6-5-15-27(28)24-13-8-14-26(20-24)34(41)42)29(38-33(40)31-21-25-12-4-7-18-30(25)45-31)17-9-19-36-35(43)44-22-23-10-2-1-3-11-23/h1-8,10-16,18,20-21,29H,9,17,19,22H2,(H,36,43)(H,37,39)(H,38,40)(H,41,42)/t29-/m0/s1. The molecule has 4 N–H and O–H groups in total. The molecule has 45 heavy (non-hydrogen) atoms. The Morgan fingerprint density at radius 1 is 0.822 bits per heavy atom. The maximum atomic E-state index is 13.6. The maximum Gasteiger partial charge on any atom is 0.407 e. The van der Waals surface area contributed by atoms with Crippen molar-refractivity contribution in [3.63, 3.8) is 0 Å². The molecule has 0 spiro atoms. The first-order valence-corrected chi connectivity index (χ1v) is 14.3. The van der Waals surface area contributed by atoms with Gasteiger partial charge >= 0.3 is 12.1 Å². The number of fused-ring (bicyclic) bond motifs is 1. The van der Waals surface area contributed by atoms with Crippen LogP contribution in [0.4, 0.5) is 10.5 Å². The number of hydrogen-bond acceptors (Lipinski definition) is 6. The first kappa shape index (κ1) is 30.6. The van der Waals surface area contributed by atoms with Crippen molar-refractivity contribution in [1.29, 1.82) is 0 Å². The Morgan fingerprint density at radius 3 is 2.38 bits per heavy atom. The molecule has 10 nitrogen and oxygen atoms in total. The Labute approximate surface area is 259 Å². The van der Waals surface area contributed by atoms with Crippen molar-refractivity contribution in [2.24, 2.45) is 0 Å². The van der Waals surface area contributed by atoms with Crippen LogP contribution in [-0.2, 0) is 16.1 Å². The summed E-state index contributed by atoms with van der Waals surface area (Å²) in [6.45, 7) is 0.330. The Kier molecular flexibility index (Phi) is 9.86. The van der Waals surface area contributed by atoms with Crippen molar-refractivity contribution in [3.05, 3.63) is 126 Å². The number of anilines is 1. The Bertz CT molecular complexity index is 1780. The third-order valence-corrected chi connectivity index (χ3v) is 7.03. The predicted molar refractivity (Wildman–Crippen MR) is 169 cm³/mol. The van der Waals surface area contributed by atoms with Gasteiger partial charge in [0.25, 0.3) is 5.91 Å². The van der Waals surface area contributed by atoms with Gasteiger partial charge in [-0.15, -0.1) is 0 Å². The van der Waals surface area contributed by atoms with E-state index in [0.717, 1.165) is 10.9 Å². The fourth-order valence-corrected chi connectivity index (χ4v) is 4.75. The maximum absolute atomic E-state index is 13.6. The minimum absolute atomic E-state index is 0.0579. The summed E-state index contributed by atoms with van der Waals surface area (Å²) >= 11 is 0. The van der Waals surface area contributed by atoms with Gasteiger partial charge in [0.2, 0.25) is 5.91 Å². The molecular formula is C35H31N3O7. The molecule has 0 unspecified atom stereocenters. The van der Waals surface area contributed by atoms with Gasteiger partial charge in [0.05, 0.1) is 5.56 Å². The summed E-state index contributed by atoms with van der Waals surface area (Å²) < 4.78 is 10.9. The molecule has 1 heterocycles. The SMILES string of the molecule is O=C(NCCC[C@H](NC(=O)c1cc2ccccc2o1)C(=O)Nc1ccccc1-c1cccc(C(=O)O)c1)OCc1ccccc1. The number of nitrogens with one attached hydrogen (secondary N) is 3. The number of amides is 3. The topological polar surface area (TPSA) is 147 Å². The number of benzene rings is 4. The van der Waals surface area contributed by atoms with Gasteiger partial charge in [-0.25, -0.2) is 9.59 Å². The molecule has 10 heteroatoms. The van der Waals surface area contributed by atoms with E-state index in [4.69, 9.17) is 9.15 Å². The Hall–Kier alpha value is -5.90. The quantitative estimate of drug-likeness (QED) is 0.123. The van der Waals surface area contributed by atoms with E-state index >= 15 is 0 Å². The number of carbonyl (C=O) groups is 4. The summed E-state index contributed by atoms with van der Waals surface area (Å²) in [5.41, 5.74) is 3.16. The highest BCUT2D eigenvalue weighted by atomic mass is 16.5. The highest BCUT2D eigenvalue weighted by Crippen LogP contribution is 2.29. The van der Waals surface area contributed by atoms with E-state index in [1.165, 1.54) is 12.1 Å². The number of para-hydroxylation sites is 2. The van der Waals surface area contributed by atoms with Crippen molar-refractivity contribution >= 4 is 40.5 Å². The molecule has 5 rings (SSSR count). The molecule has 4 aromatic carbocycles. The molecule has 3 amide bonds. The summed E-state index contributed by atoms with van der Waals surface area (Å²) in [7, 11) is 0. The second-order valence-corrected chi connectivity index (χ2v) is 10.2. The first-order chi connectivity index (χ1) is 21.9. The highest BCUT2D eigenvalue weighted by Gasteiger charge is 2.24. The minimum atomic E-state index is -1.07. The van der Waals surface area contributed by atoms with Crippen LogP contribution in [0.3, 0.4) is 0 Å². The van der Waals surface area contributed by atoms with Gasteiger partial charge in [-0.1, -0.05) is 78.9 Å². The molecule has 0 aliphatic rings. The van der Waals surface area contributed by atoms with Crippen molar-refractivity contribution in [2.75, 3.05) is 11.9 Å². The summed E-state index contributed by atoms with van der Waals surface area (Å²) in [5.74, 6) is -2.07. The molecule has 0 saturated carbocycles. The predicted octanol–water partition coefficient (Wildman–Crippen LogP) is 6.24. The van der Waals surface area contributed by atoms with E-state index < -0.39 is 29.9 Å². The lowest BCUT2D eigenvalue weighted by atomic mass is 10.0. The second kappa shape index (κ2) is 14.5. The summed E-state index contributed by atoms with van der Waals surface area (Å²) in [5, 5.41) is 18.5. The molecule has 0 bridgehead atoms. The molecule has 0 radical (unpaired) electrons. The zero-order valence-corrected chi connectivity index (χ0v) is 24.2. The fraction of sp³-hybridized carbons (Fsp3) is 0.143. The number of carboxylic acids is 1. The normalized spacial score (nSPS) is 11.4. The van der Waals surface area contributed by atoms with Gasteiger partial charge in [-0.2, -0.15) is 0 Å². The molecule has 5 aromatic rings. The molecule has 228 valence electrons. The molecule has 1 atom stereocenters. The van der Waals surface area contributed by atoms with Crippen molar-refractivity contribution < 1.29 is 33.4 Å². The average Bonchev–Trinajstić information content (AvgIpc) is 3.51. The molecular weight excluding hydrogens is 574 g/mol. The van der Waals surface area contributed by atoms with Crippen LogP contribution in [0.1, 0.15) is 39.3 Å². The Morgan fingerprint density at radius 2 is 1.58 bits per heavy atom. The summed E-state index contributed by atoms with van der Waals surface area (Å²) in [6, 6.07) is 30.5. The third-order valence-electron chi connectivity index (χ3n) is 7.03. The number of alkyl carbamates (subject to hydrolysis) is 1. The number of ether oxygens (including phenoxy) is 1. The minimum Gasteiger partial charge on any atom is -0.478 e. The lowest BCUT2D eigenvalue weighted by Gasteiger charge is -2.19. The summed E-state index contributed by atoms with van der Waals surface area (Å²) in [4.78, 5) is 50.6. The molecule has 0 fully saturated rings. The lowest BCUT2D eigenvalue weighted by molar-refractivity contribution is -0.118. The molecule has 1 aromatic heterocycles.